The summed E-state index contributed by atoms with van der Waals surface area (Å²) in [5, 5.41) is 7.02. The van der Waals surface area contributed by atoms with Crippen molar-refractivity contribution in [2.45, 2.75) is 6.92 Å². The van der Waals surface area contributed by atoms with Gasteiger partial charge in [0.25, 0.3) is 5.91 Å². The fourth-order valence-corrected chi connectivity index (χ4v) is 3.62. The molecular formula is C21H16FN3O3S. The number of anilines is 1. The van der Waals surface area contributed by atoms with E-state index in [1.165, 1.54) is 29.5 Å². The monoisotopic (exact) mass is 409 g/mol. The molecule has 4 aromatic rings. The summed E-state index contributed by atoms with van der Waals surface area (Å²) in [7, 11) is 1.61. The molecule has 0 fully saturated rings. The van der Waals surface area contributed by atoms with Crippen LogP contribution in [-0.2, 0) is 0 Å². The predicted molar refractivity (Wildman–Crippen MR) is 109 cm³/mol. The molecule has 6 nitrogen and oxygen atoms in total. The van der Waals surface area contributed by atoms with Gasteiger partial charge in [-0.15, -0.1) is 11.3 Å². The standard InChI is InChI=1S/C21H16FN3O3S/c1-12-19(13-6-8-16(27-2)9-7-13)23-21(29-12)24-20(26)18-11-17(25-28-18)14-4-3-5-15(22)10-14/h3-11H,1-2H3,(H,23,24,26). The molecule has 1 N–H and O–H groups in total. The third kappa shape index (κ3) is 4.02. The Morgan fingerprint density at radius 1 is 1.14 bits per heavy atom. The van der Waals surface area contributed by atoms with Crippen molar-refractivity contribution >= 4 is 22.4 Å². The van der Waals surface area contributed by atoms with Crippen LogP contribution in [0.15, 0.2) is 59.1 Å². The SMILES string of the molecule is COc1ccc(-c2nc(NC(=O)c3cc(-c4cccc(F)c4)no3)sc2C)cc1. The number of aryl methyl sites for hydroxylation is 1. The maximum absolute atomic E-state index is 13.4. The maximum atomic E-state index is 13.4. The Labute approximate surface area is 170 Å². The van der Waals surface area contributed by atoms with Gasteiger partial charge in [0.15, 0.2) is 5.13 Å². The largest absolute Gasteiger partial charge is 0.497 e. The van der Waals surface area contributed by atoms with Crippen molar-refractivity contribution in [3.63, 3.8) is 0 Å². The number of rotatable bonds is 5. The number of thiazole rings is 1. The molecular weight excluding hydrogens is 393 g/mol. The van der Waals surface area contributed by atoms with Crippen molar-refractivity contribution in [2.24, 2.45) is 0 Å². The van der Waals surface area contributed by atoms with Crippen LogP contribution in [0.3, 0.4) is 0 Å². The van der Waals surface area contributed by atoms with Crippen LogP contribution in [0.1, 0.15) is 15.4 Å². The van der Waals surface area contributed by atoms with Crippen LogP contribution in [-0.4, -0.2) is 23.2 Å². The fraction of sp³-hybridized carbons (Fsp3) is 0.0952. The molecule has 0 radical (unpaired) electrons. The zero-order chi connectivity index (χ0) is 20.4. The number of ether oxygens (including phenoxy) is 1. The van der Waals surface area contributed by atoms with Gasteiger partial charge in [0.2, 0.25) is 5.76 Å². The predicted octanol–water partition coefficient (Wildman–Crippen LogP) is 5.17. The van der Waals surface area contributed by atoms with Crippen LogP contribution in [0.2, 0.25) is 0 Å². The Kier molecular flexibility index (Phi) is 5.09. The summed E-state index contributed by atoms with van der Waals surface area (Å²) in [5.41, 5.74) is 2.61. The minimum Gasteiger partial charge on any atom is -0.497 e. The van der Waals surface area contributed by atoms with Gasteiger partial charge in [0.1, 0.15) is 17.3 Å². The molecule has 146 valence electrons. The first kappa shape index (κ1) is 18.8. The molecule has 0 aliphatic rings. The number of hydrogen-bond donors (Lipinski definition) is 1. The van der Waals surface area contributed by atoms with E-state index in [-0.39, 0.29) is 11.6 Å². The van der Waals surface area contributed by atoms with Crippen LogP contribution in [0, 0.1) is 12.7 Å². The molecule has 0 bridgehead atoms. The number of aromatic nitrogens is 2. The summed E-state index contributed by atoms with van der Waals surface area (Å²) in [6, 6.07) is 14.9. The Morgan fingerprint density at radius 2 is 1.93 bits per heavy atom. The summed E-state index contributed by atoms with van der Waals surface area (Å²) >= 11 is 1.36. The summed E-state index contributed by atoms with van der Waals surface area (Å²) in [6.45, 7) is 1.93. The zero-order valence-corrected chi connectivity index (χ0v) is 16.4. The highest BCUT2D eigenvalue weighted by atomic mass is 32.1. The molecule has 0 atom stereocenters. The first-order valence-electron chi connectivity index (χ1n) is 8.69. The van der Waals surface area contributed by atoms with Crippen LogP contribution >= 0.6 is 11.3 Å². The lowest BCUT2D eigenvalue weighted by Crippen LogP contribution is -2.10. The van der Waals surface area contributed by atoms with Gasteiger partial charge < -0.3 is 9.26 Å². The number of amides is 1. The van der Waals surface area contributed by atoms with Gasteiger partial charge in [-0.2, -0.15) is 0 Å². The second-order valence-electron chi connectivity index (χ2n) is 6.19. The average molecular weight is 409 g/mol. The Balaban J connectivity index is 1.52. The molecule has 0 unspecified atom stereocenters. The molecule has 1 amide bonds. The van der Waals surface area contributed by atoms with Gasteiger partial charge in [0.05, 0.1) is 12.8 Å². The van der Waals surface area contributed by atoms with E-state index < -0.39 is 5.91 Å². The van der Waals surface area contributed by atoms with Crippen LogP contribution in [0.4, 0.5) is 9.52 Å². The lowest BCUT2D eigenvalue weighted by molar-refractivity contribution is 0.0988. The summed E-state index contributed by atoms with van der Waals surface area (Å²) in [4.78, 5) is 18.0. The van der Waals surface area contributed by atoms with E-state index in [4.69, 9.17) is 9.26 Å². The van der Waals surface area contributed by atoms with Crippen LogP contribution in [0.5, 0.6) is 5.75 Å². The zero-order valence-electron chi connectivity index (χ0n) is 15.6. The number of benzene rings is 2. The van der Waals surface area contributed by atoms with Gasteiger partial charge >= 0.3 is 0 Å². The highest BCUT2D eigenvalue weighted by molar-refractivity contribution is 7.16. The molecule has 2 aromatic carbocycles. The second-order valence-corrected chi connectivity index (χ2v) is 7.40. The third-order valence-electron chi connectivity index (χ3n) is 4.23. The van der Waals surface area contributed by atoms with Gasteiger partial charge in [0, 0.05) is 22.1 Å². The summed E-state index contributed by atoms with van der Waals surface area (Å²) in [6.07, 6.45) is 0. The Bertz CT molecular complexity index is 1170. The van der Waals surface area contributed by atoms with Crippen molar-refractivity contribution in [3.8, 4) is 28.3 Å². The molecule has 0 aliphatic carbocycles. The van der Waals surface area contributed by atoms with Gasteiger partial charge in [-0.25, -0.2) is 9.37 Å². The van der Waals surface area contributed by atoms with Crippen molar-refractivity contribution in [3.05, 3.63) is 71.1 Å². The van der Waals surface area contributed by atoms with Crippen molar-refractivity contribution in [2.75, 3.05) is 12.4 Å². The van der Waals surface area contributed by atoms with E-state index in [0.29, 0.717) is 16.4 Å². The smallest absolute Gasteiger partial charge is 0.296 e. The first-order chi connectivity index (χ1) is 14.0. The number of hydrogen-bond acceptors (Lipinski definition) is 6. The lowest BCUT2D eigenvalue weighted by Gasteiger charge is -2.01. The van der Waals surface area contributed by atoms with Gasteiger partial charge in [-0.05, 0) is 43.3 Å². The van der Waals surface area contributed by atoms with Gasteiger partial charge in [-0.3, -0.25) is 10.1 Å². The normalized spacial score (nSPS) is 10.7. The fourth-order valence-electron chi connectivity index (χ4n) is 2.79. The van der Waals surface area contributed by atoms with E-state index in [2.05, 4.69) is 15.5 Å². The molecule has 2 heterocycles. The number of carbonyl (C=O) groups excluding carboxylic acids is 1. The molecule has 4 rings (SSSR count). The quantitative estimate of drug-likeness (QED) is 0.492. The van der Waals surface area contributed by atoms with Gasteiger partial charge in [-0.1, -0.05) is 17.3 Å². The number of methoxy groups -OCH3 is 1. The van der Waals surface area contributed by atoms with E-state index in [9.17, 15) is 9.18 Å². The van der Waals surface area contributed by atoms with Crippen LogP contribution < -0.4 is 10.1 Å². The second kappa shape index (κ2) is 7.84. The lowest BCUT2D eigenvalue weighted by atomic mass is 10.1. The number of halogens is 1. The maximum Gasteiger partial charge on any atom is 0.296 e. The van der Waals surface area contributed by atoms with Crippen molar-refractivity contribution in [1.29, 1.82) is 0 Å². The molecule has 0 spiro atoms. The van der Waals surface area contributed by atoms with Crippen molar-refractivity contribution < 1.29 is 18.4 Å². The first-order valence-corrected chi connectivity index (χ1v) is 9.51. The average Bonchev–Trinajstić information content (AvgIpc) is 3.35. The highest BCUT2D eigenvalue weighted by Gasteiger charge is 2.17. The topological polar surface area (TPSA) is 77.2 Å². The van der Waals surface area contributed by atoms with E-state index in [1.54, 1.807) is 19.2 Å². The minimum absolute atomic E-state index is 0.0168. The molecule has 0 saturated heterocycles. The van der Waals surface area contributed by atoms with Crippen molar-refractivity contribution in [1.82, 2.24) is 10.1 Å². The number of carbonyl (C=O) groups is 1. The van der Waals surface area contributed by atoms with E-state index in [0.717, 1.165) is 21.9 Å². The Morgan fingerprint density at radius 3 is 2.66 bits per heavy atom. The minimum atomic E-state index is -0.477. The summed E-state index contributed by atoms with van der Waals surface area (Å²) < 4.78 is 23.7. The number of nitrogens with zero attached hydrogens (tertiary/aromatic N) is 2. The Hall–Kier alpha value is -3.52. The summed E-state index contributed by atoms with van der Waals surface area (Å²) in [5.74, 6) is -0.0892. The molecule has 29 heavy (non-hydrogen) atoms. The van der Waals surface area contributed by atoms with E-state index >= 15 is 0 Å². The highest BCUT2D eigenvalue weighted by Crippen LogP contribution is 2.31. The van der Waals surface area contributed by atoms with Crippen LogP contribution in [0.25, 0.3) is 22.5 Å². The van der Waals surface area contributed by atoms with E-state index in [1.807, 2.05) is 31.2 Å². The molecule has 0 saturated carbocycles. The molecule has 8 heteroatoms. The third-order valence-corrected chi connectivity index (χ3v) is 5.12. The number of nitrogens with one attached hydrogen (secondary N) is 1. The molecule has 0 aliphatic heterocycles. The molecule has 2 aromatic heterocycles.